The maximum absolute atomic E-state index is 12.8. The second-order valence-corrected chi connectivity index (χ2v) is 5.15. The van der Waals surface area contributed by atoms with Crippen LogP contribution in [-0.4, -0.2) is 18.5 Å². The first-order valence-corrected chi connectivity index (χ1v) is 7.07. The lowest BCUT2D eigenvalue weighted by molar-refractivity contribution is -0.124. The molecule has 2 rings (SSSR count). The van der Waals surface area contributed by atoms with E-state index in [1.165, 1.54) is 30.3 Å². The molecule has 1 amide bonds. The predicted octanol–water partition coefficient (Wildman–Crippen LogP) is 2.53. The average molecular weight is 337 g/mol. The Morgan fingerprint density at radius 3 is 2.52 bits per heavy atom. The number of hydrogen-bond donors (Lipinski definition) is 2. The zero-order valence-electron chi connectivity index (χ0n) is 12.0. The zero-order chi connectivity index (χ0) is 16.8. The minimum atomic E-state index is -0.712. The number of carbonyl (C=O) groups is 2. The highest BCUT2D eigenvalue weighted by Gasteiger charge is 2.13. The van der Waals surface area contributed by atoms with Crippen molar-refractivity contribution in [1.29, 1.82) is 0 Å². The van der Waals surface area contributed by atoms with E-state index in [2.05, 4.69) is 5.32 Å². The molecule has 2 aromatic carbocycles. The molecule has 0 radical (unpaired) electrons. The van der Waals surface area contributed by atoms with Gasteiger partial charge < -0.3 is 15.8 Å². The van der Waals surface area contributed by atoms with E-state index in [1.807, 2.05) is 0 Å². The first kappa shape index (κ1) is 16.8. The number of ether oxygens (including phenoxy) is 1. The Labute approximate surface area is 137 Å². The highest BCUT2D eigenvalue weighted by atomic mass is 35.5. The van der Waals surface area contributed by atoms with Crippen molar-refractivity contribution in [2.24, 2.45) is 0 Å². The fourth-order valence-electron chi connectivity index (χ4n) is 1.78. The summed E-state index contributed by atoms with van der Waals surface area (Å²) >= 11 is 5.74. The van der Waals surface area contributed by atoms with Crippen LogP contribution in [0.4, 0.5) is 10.1 Å². The summed E-state index contributed by atoms with van der Waals surface area (Å²) in [5, 5.41) is 2.96. The molecule has 23 heavy (non-hydrogen) atoms. The summed E-state index contributed by atoms with van der Waals surface area (Å²) in [6.45, 7) is -0.234. The summed E-state index contributed by atoms with van der Waals surface area (Å²) < 4.78 is 17.6. The van der Waals surface area contributed by atoms with Crippen LogP contribution in [0.3, 0.4) is 0 Å². The fourth-order valence-corrected chi connectivity index (χ4v) is 1.96. The highest BCUT2D eigenvalue weighted by Crippen LogP contribution is 2.18. The van der Waals surface area contributed by atoms with Crippen molar-refractivity contribution >= 4 is 29.2 Å². The molecule has 0 fully saturated rings. The first-order valence-electron chi connectivity index (χ1n) is 6.69. The third kappa shape index (κ3) is 4.96. The summed E-state index contributed by atoms with van der Waals surface area (Å²) in [6, 6.07) is 10.0. The van der Waals surface area contributed by atoms with Gasteiger partial charge in [-0.3, -0.25) is 4.79 Å². The third-order valence-corrected chi connectivity index (χ3v) is 3.21. The number of nitrogens with two attached hydrogens (primary N) is 1. The Kier molecular flexibility index (Phi) is 5.54. The van der Waals surface area contributed by atoms with Crippen LogP contribution < -0.4 is 11.1 Å². The summed E-state index contributed by atoms with van der Waals surface area (Å²) in [4.78, 5) is 23.5. The van der Waals surface area contributed by atoms with Gasteiger partial charge in [0.15, 0.2) is 6.61 Å². The van der Waals surface area contributed by atoms with Crippen LogP contribution in [-0.2, 0) is 16.1 Å². The van der Waals surface area contributed by atoms with Crippen molar-refractivity contribution < 1.29 is 18.7 Å². The quantitative estimate of drug-likeness (QED) is 0.649. The Morgan fingerprint density at radius 2 is 1.87 bits per heavy atom. The third-order valence-electron chi connectivity index (χ3n) is 2.97. The predicted molar refractivity (Wildman–Crippen MR) is 84.4 cm³/mol. The molecule has 120 valence electrons. The van der Waals surface area contributed by atoms with Crippen molar-refractivity contribution in [2.45, 2.75) is 6.54 Å². The number of esters is 1. The van der Waals surface area contributed by atoms with Crippen LogP contribution in [0.25, 0.3) is 0 Å². The maximum atomic E-state index is 12.8. The number of nitrogen functional groups attached to an aromatic ring is 1. The number of amides is 1. The van der Waals surface area contributed by atoms with Crippen LogP contribution in [0.2, 0.25) is 5.02 Å². The van der Waals surface area contributed by atoms with Gasteiger partial charge in [0.05, 0.1) is 5.56 Å². The van der Waals surface area contributed by atoms with Crippen LogP contribution in [0.5, 0.6) is 0 Å². The Balaban J connectivity index is 1.81. The van der Waals surface area contributed by atoms with Gasteiger partial charge in [-0.25, -0.2) is 9.18 Å². The molecule has 0 aliphatic heterocycles. The number of nitrogens with one attached hydrogen (secondary N) is 1. The molecule has 0 aromatic heterocycles. The standard InChI is InChI=1S/C16H14ClFN2O3/c17-11-3-6-13(14(19)7-11)16(22)23-9-15(21)20-8-10-1-4-12(18)5-2-10/h1-7H,8-9,19H2,(H,20,21). The lowest BCUT2D eigenvalue weighted by Crippen LogP contribution is -2.28. The van der Waals surface area contributed by atoms with Crippen molar-refractivity contribution in [1.82, 2.24) is 5.32 Å². The number of benzene rings is 2. The van der Waals surface area contributed by atoms with Gasteiger partial charge >= 0.3 is 5.97 Å². The van der Waals surface area contributed by atoms with E-state index in [-0.39, 0.29) is 23.6 Å². The molecule has 2 aromatic rings. The van der Waals surface area contributed by atoms with E-state index in [9.17, 15) is 14.0 Å². The second-order valence-electron chi connectivity index (χ2n) is 4.71. The molecular formula is C16H14ClFN2O3. The summed E-state index contributed by atoms with van der Waals surface area (Å²) in [5.74, 6) is -1.54. The largest absolute Gasteiger partial charge is 0.452 e. The lowest BCUT2D eigenvalue weighted by atomic mass is 10.2. The van der Waals surface area contributed by atoms with E-state index < -0.39 is 18.5 Å². The van der Waals surface area contributed by atoms with Gasteiger partial charge in [-0.05, 0) is 35.9 Å². The normalized spacial score (nSPS) is 10.2. The Hall–Kier alpha value is -2.60. The summed E-state index contributed by atoms with van der Waals surface area (Å²) in [7, 11) is 0. The van der Waals surface area contributed by atoms with Gasteiger partial charge in [-0.1, -0.05) is 23.7 Å². The number of anilines is 1. The molecule has 0 spiro atoms. The molecule has 0 heterocycles. The maximum Gasteiger partial charge on any atom is 0.340 e. The molecular weight excluding hydrogens is 323 g/mol. The molecule has 7 heteroatoms. The molecule has 5 nitrogen and oxygen atoms in total. The van der Waals surface area contributed by atoms with Crippen LogP contribution >= 0.6 is 11.6 Å². The first-order chi connectivity index (χ1) is 11.0. The summed E-state index contributed by atoms with van der Waals surface area (Å²) in [6.07, 6.45) is 0. The smallest absolute Gasteiger partial charge is 0.340 e. The monoisotopic (exact) mass is 336 g/mol. The van der Waals surface area contributed by atoms with Gasteiger partial charge in [-0.15, -0.1) is 0 Å². The van der Waals surface area contributed by atoms with Gasteiger partial charge in [0.25, 0.3) is 5.91 Å². The van der Waals surface area contributed by atoms with Gasteiger partial charge in [0.2, 0.25) is 0 Å². The number of halogens is 2. The molecule has 0 bridgehead atoms. The molecule has 0 unspecified atom stereocenters. The van der Waals surface area contributed by atoms with Gasteiger partial charge in [0, 0.05) is 17.3 Å². The molecule has 3 N–H and O–H groups in total. The van der Waals surface area contributed by atoms with E-state index in [4.69, 9.17) is 22.1 Å². The highest BCUT2D eigenvalue weighted by molar-refractivity contribution is 6.31. The van der Waals surface area contributed by atoms with E-state index in [1.54, 1.807) is 12.1 Å². The molecule has 0 atom stereocenters. The number of hydrogen-bond acceptors (Lipinski definition) is 4. The van der Waals surface area contributed by atoms with Crippen molar-refractivity contribution in [3.8, 4) is 0 Å². The van der Waals surface area contributed by atoms with Crippen LogP contribution in [0.15, 0.2) is 42.5 Å². The molecule has 0 aliphatic carbocycles. The lowest BCUT2D eigenvalue weighted by Gasteiger charge is -2.08. The van der Waals surface area contributed by atoms with Crippen molar-refractivity contribution in [3.05, 3.63) is 64.4 Å². The average Bonchev–Trinajstić information content (AvgIpc) is 2.52. The van der Waals surface area contributed by atoms with E-state index in [0.29, 0.717) is 5.02 Å². The van der Waals surface area contributed by atoms with Crippen molar-refractivity contribution in [2.75, 3.05) is 12.3 Å². The molecule has 0 saturated carbocycles. The van der Waals surface area contributed by atoms with E-state index in [0.717, 1.165) is 5.56 Å². The van der Waals surface area contributed by atoms with Crippen LogP contribution in [0.1, 0.15) is 15.9 Å². The minimum absolute atomic E-state index is 0.140. The summed E-state index contributed by atoms with van der Waals surface area (Å²) in [5.41, 5.74) is 6.70. The van der Waals surface area contributed by atoms with Gasteiger partial charge in [0.1, 0.15) is 5.82 Å². The second kappa shape index (κ2) is 7.60. The minimum Gasteiger partial charge on any atom is -0.452 e. The van der Waals surface area contributed by atoms with Crippen molar-refractivity contribution in [3.63, 3.8) is 0 Å². The SMILES string of the molecule is Nc1cc(Cl)ccc1C(=O)OCC(=O)NCc1ccc(F)cc1. The Bertz CT molecular complexity index is 720. The Morgan fingerprint density at radius 1 is 1.17 bits per heavy atom. The number of rotatable bonds is 5. The van der Waals surface area contributed by atoms with Crippen LogP contribution in [0, 0.1) is 5.82 Å². The zero-order valence-corrected chi connectivity index (χ0v) is 12.8. The molecule has 0 saturated heterocycles. The number of carbonyl (C=O) groups excluding carboxylic acids is 2. The van der Waals surface area contributed by atoms with Gasteiger partial charge in [-0.2, -0.15) is 0 Å². The molecule has 0 aliphatic rings. The topological polar surface area (TPSA) is 81.4 Å². The van der Waals surface area contributed by atoms with E-state index >= 15 is 0 Å². The fraction of sp³-hybridized carbons (Fsp3) is 0.125.